The van der Waals surface area contributed by atoms with Crippen LogP contribution in [0.2, 0.25) is 0 Å². The number of anilines is 1. The molecule has 1 aliphatic heterocycles. The molecule has 2 N–H and O–H groups in total. The molecule has 1 aliphatic rings. The summed E-state index contributed by atoms with van der Waals surface area (Å²) in [6.45, 7) is 9.76. The van der Waals surface area contributed by atoms with E-state index in [1.54, 1.807) is 0 Å². The van der Waals surface area contributed by atoms with Gasteiger partial charge in [-0.15, -0.1) is 10.2 Å². The van der Waals surface area contributed by atoms with Crippen LogP contribution in [0.1, 0.15) is 43.5 Å². The third-order valence-electron chi connectivity index (χ3n) is 5.99. The molecule has 3 heterocycles. The molecule has 0 atom stereocenters. The van der Waals surface area contributed by atoms with Crippen molar-refractivity contribution in [3.8, 4) is 16.8 Å². The van der Waals surface area contributed by atoms with Crippen molar-refractivity contribution < 1.29 is 8.78 Å². The highest BCUT2D eigenvalue weighted by atomic mass is 19.1. The van der Waals surface area contributed by atoms with Crippen molar-refractivity contribution >= 4 is 16.6 Å². The van der Waals surface area contributed by atoms with Crippen LogP contribution >= 0.6 is 0 Å². The lowest BCUT2D eigenvalue weighted by atomic mass is 9.90. The smallest absolute Gasteiger partial charge is 0.162 e. The zero-order valence-corrected chi connectivity index (χ0v) is 17.6. The number of aromatic amines is 1. The molecule has 0 spiro atoms. The average molecular weight is 407 g/mol. The molecular weight excluding hydrogens is 384 g/mol. The van der Waals surface area contributed by atoms with Crippen LogP contribution in [-0.2, 0) is 12.0 Å². The fraction of sp³-hybridized carbons (Fsp3) is 0.304. The van der Waals surface area contributed by atoms with Crippen molar-refractivity contribution in [2.24, 2.45) is 0 Å². The predicted molar refractivity (Wildman–Crippen MR) is 114 cm³/mol. The number of benzene rings is 2. The number of fused-ring (bicyclic) bond motifs is 4. The van der Waals surface area contributed by atoms with Crippen molar-refractivity contribution in [1.82, 2.24) is 19.7 Å². The number of nitrogens with one attached hydrogen (secondary N) is 2. The van der Waals surface area contributed by atoms with Crippen molar-refractivity contribution in [3.05, 3.63) is 58.8 Å². The highest BCUT2D eigenvalue weighted by molar-refractivity contribution is 5.98. The van der Waals surface area contributed by atoms with Gasteiger partial charge < -0.3 is 10.3 Å². The fourth-order valence-corrected chi connectivity index (χ4v) is 4.63. The van der Waals surface area contributed by atoms with E-state index in [1.165, 1.54) is 18.2 Å². The quantitative estimate of drug-likeness (QED) is 0.459. The summed E-state index contributed by atoms with van der Waals surface area (Å²) in [6.07, 6.45) is 2.38. The van der Waals surface area contributed by atoms with Gasteiger partial charge in [0.2, 0.25) is 0 Å². The third-order valence-corrected chi connectivity index (χ3v) is 5.99. The Labute approximate surface area is 173 Å². The minimum absolute atomic E-state index is 0.387. The van der Waals surface area contributed by atoms with E-state index in [4.69, 9.17) is 0 Å². The van der Waals surface area contributed by atoms with Gasteiger partial charge in [-0.2, -0.15) is 0 Å². The summed E-state index contributed by atoms with van der Waals surface area (Å²) in [5.74, 6) is 0.718. The monoisotopic (exact) mass is 407 g/mol. The fourth-order valence-electron chi connectivity index (χ4n) is 4.63. The van der Waals surface area contributed by atoms with Gasteiger partial charge in [-0.1, -0.05) is 6.92 Å². The Morgan fingerprint density at radius 3 is 2.60 bits per heavy atom. The first-order valence-electron chi connectivity index (χ1n) is 10.1. The van der Waals surface area contributed by atoms with Crippen LogP contribution in [0, 0.1) is 25.5 Å². The molecule has 4 aromatic rings. The van der Waals surface area contributed by atoms with Crippen LogP contribution in [0.25, 0.3) is 27.7 Å². The van der Waals surface area contributed by atoms with E-state index in [0.717, 1.165) is 39.4 Å². The Morgan fingerprint density at radius 2 is 1.87 bits per heavy atom. The Morgan fingerprint density at radius 1 is 1.10 bits per heavy atom. The summed E-state index contributed by atoms with van der Waals surface area (Å²) < 4.78 is 32.1. The minimum atomic E-state index is -0.504. The molecule has 2 aromatic heterocycles. The van der Waals surface area contributed by atoms with Crippen molar-refractivity contribution in [3.63, 3.8) is 0 Å². The number of nitrogens with zero attached hydrogens (tertiary/aromatic N) is 3. The number of hydrogen-bond donors (Lipinski definition) is 2. The normalized spacial score (nSPS) is 14.5. The Bertz CT molecular complexity index is 1330. The molecule has 0 bridgehead atoms. The molecule has 0 unspecified atom stereocenters. The Balaban J connectivity index is 1.90. The van der Waals surface area contributed by atoms with Crippen LogP contribution in [0.15, 0.2) is 24.4 Å². The summed E-state index contributed by atoms with van der Waals surface area (Å²) >= 11 is 0. The van der Waals surface area contributed by atoms with Gasteiger partial charge in [-0.3, -0.25) is 4.57 Å². The molecule has 7 heteroatoms. The highest BCUT2D eigenvalue weighted by Crippen LogP contribution is 2.44. The molecule has 0 saturated carbocycles. The maximum Gasteiger partial charge on any atom is 0.162 e. The number of H-pyrrole nitrogens is 1. The van der Waals surface area contributed by atoms with Crippen molar-refractivity contribution in [1.29, 1.82) is 0 Å². The number of halogens is 2. The summed E-state index contributed by atoms with van der Waals surface area (Å²) in [5, 5.41) is 12.8. The first kappa shape index (κ1) is 18.8. The van der Waals surface area contributed by atoms with Crippen LogP contribution in [0.4, 0.5) is 14.5 Å². The van der Waals surface area contributed by atoms with E-state index >= 15 is 4.39 Å². The van der Waals surface area contributed by atoms with E-state index in [9.17, 15) is 4.39 Å². The first-order chi connectivity index (χ1) is 14.2. The number of rotatable bonds is 2. The van der Waals surface area contributed by atoms with Gasteiger partial charge in [0.1, 0.15) is 17.5 Å². The molecule has 5 rings (SSSR count). The predicted octanol–water partition coefficient (Wildman–Crippen LogP) is 5.53. The summed E-state index contributed by atoms with van der Waals surface area (Å²) in [7, 11) is 0. The van der Waals surface area contributed by atoms with Crippen molar-refractivity contribution in [2.75, 3.05) is 5.32 Å². The zero-order chi connectivity index (χ0) is 21.4. The van der Waals surface area contributed by atoms with E-state index in [0.29, 0.717) is 23.2 Å². The van der Waals surface area contributed by atoms with Gasteiger partial charge >= 0.3 is 0 Å². The molecule has 0 radical (unpaired) electrons. The molecule has 2 aromatic carbocycles. The van der Waals surface area contributed by atoms with E-state index in [1.807, 2.05) is 45.4 Å². The summed E-state index contributed by atoms with van der Waals surface area (Å²) in [4.78, 5) is 3.20. The summed E-state index contributed by atoms with van der Waals surface area (Å²) in [5.41, 5.74) is 4.37. The van der Waals surface area contributed by atoms with Crippen LogP contribution in [0.5, 0.6) is 0 Å². The lowest BCUT2D eigenvalue weighted by Gasteiger charge is -2.35. The van der Waals surface area contributed by atoms with E-state index in [-0.39, 0.29) is 11.6 Å². The second-order valence-electron chi connectivity index (χ2n) is 8.47. The molecule has 30 heavy (non-hydrogen) atoms. The number of hydrogen-bond acceptors (Lipinski definition) is 3. The van der Waals surface area contributed by atoms with Gasteiger partial charge in [-0.05, 0) is 63.4 Å². The largest absolute Gasteiger partial charge is 0.371 e. The molecule has 0 amide bonds. The van der Waals surface area contributed by atoms with Crippen LogP contribution < -0.4 is 5.32 Å². The molecule has 5 nitrogen and oxygen atoms in total. The molecule has 0 fully saturated rings. The molecule has 0 saturated heterocycles. The van der Waals surface area contributed by atoms with Crippen LogP contribution in [0.3, 0.4) is 0 Å². The highest BCUT2D eigenvalue weighted by Gasteiger charge is 2.36. The zero-order valence-electron chi connectivity index (χ0n) is 17.6. The SMILES string of the molecule is CCc1c(-c2cc(F)cc3c(C)c[nH]c23)c(F)cc2c1-n1c(C)nnc1C(C)(C)N2. The molecule has 154 valence electrons. The Hall–Kier alpha value is -3.22. The maximum absolute atomic E-state index is 15.6. The van der Waals surface area contributed by atoms with Gasteiger partial charge in [0.05, 0.1) is 22.4 Å². The Kier molecular flexibility index (Phi) is 3.84. The van der Waals surface area contributed by atoms with E-state index in [2.05, 4.69) is 20.5 Å². The lowest BCUT2D eigenvalue weighted by molar-refractivity contribution is 0.532. The van der Waals surface area contributed by atoms with Gasteiger partial charge in [0.15, 0.2) is 5.82 Å². The number of aryl methyl sites for hydroxylation is 2. The second-order valence-corrected chi connectivity index (χ2v) is 8.47. The van der Waals surface area contributed by atoms with Gasteiger partial charge in [0.25, 0.3) is 0 Å². The van der Waals surface area contributed by atoms with E-state index < -0.39 is 5.54 Å². The summed E-state index contributed by atoms with van der Waals surface area (Å²) in [6, 6.07) is 4.39. The lowest BCUT2D eigenvalue weighted by Crippen LogP contribution is -2.36. The average Bonchev–Trinajstić information content (AvgIpc) is 3.24. The van der Waals surface area contributed by atoms with Crippen molar-refractivity contribution in [2.45, 2.75) is 46.6 Å². The first-order valence-corrected chi connectivity index (χ1v) is 10.1. The standard InChI is InChI=1S/C23H23F2N5/c1-6-14-19(16-8-13(24)7-15-11(2)10-26-20(15)16)17(25)9-18-21(14)30-12(3)28-29-22(30)23(4,5)27-18/h7-10,26-27H,6H2,1-5H3. The molecule has 0 aliphatic carbocycles. The molecular formula is C23H23F2N5. The van der Waals surface area contributed by atoms with Gasteiger partial charge in [-0.25, -0.2) is 8.78 Å². The van der Waals surface area contributed by atoms with Crippen LogP contribution in [-0.4, -0.2) is 19.7 Å². The number of aromatic nitrogens is 4. The van der Waals surface area contributed by atoms with Gasteiger partial charge in [0, 0.05) is 22.7 Å². The minimum Gasteiger partial charge on any atom is -0.371 e. The topological polar surface area (TPSA) is 58.5 Å². The third kappa shape index (κ3) is 2.44. The maximum atomic E-state index is 15.6. The second kappa shape index (κ2) is 6.14.